The van der Waals surface area contributed by atoms with Gasteiger partial charge in [0, 0.05) is 29.9 Å². The minimum atomic E-state index is -0.903. The monoisotopic (exact) mass is 277 g/mol. The van der Waals surface area contributed by atoms with Gasteiger partial charge in [-0.2, -0.15) is 5.10 Å². The molecule has 0 aliphatic heterocycles. The van der Waals surface area contributed by atoms with E-state index in [2.05, 4.69) is 10.1 Å². The van der Waals surface area contributed by atoms with E-state index in [1.807, 2.05) is 19.3 Å². The third-order valence-electron chi connectivity index (χ3n) is 2.63. The van der Waals surface area contributed by atoms with Gasteiger partial charge in [-0.1, -0.05) is 0 Å². The summed E-state index contributed by atoms with van der Waals surface area (Å²) < 4.78 is 0.792. The van der Waals surface area contributed by atoms with Crippen LogP contribution in [-0.2, 0) is 11.8 Å². The lowest BCUT2D eigenvalue weighted by Crippen LogP contribution is -2.27. The Morgan fingerprint density at radius 1 is 1.47 bits per heavy atom. The van der Waals surface area contributed by atoms with Crippen molar-refractivity contribution in [1.29, 1.82) is 0 Å². The number of aromatic nitrogens is 3. The molecule has 0 saturated heterocycles. The highest BCUT2D eigenvalue weighted by Crippen LogP contribution is 2.37. The van der Waals surface area contributed by atoms with Gasteiger partial charge in [0.2, 0.25) is 0 Å². The van der Waals surface area contributed by atoms with Gasteiger partial charge in [0.1, 0.15) is 4.75 Å². The van der Waals surface area contributed by atoms with Gasteiger partial charge in [0.15, 0.2) is 0 Å². The number of thioether (sulfide) groups is 1. The van der Waals surface area contributed by atoms with E-state index in [0.29, 0.717) is 0 Å². The zero-order valence-corrected chi connectivity index (χ0v) is 11.8. The van der Waals surface area contributed by atoms with Crippen LogP contribution >= 0.6 is 11.8 Å². The van der Waals surface area contributed by atoms with E-state index in [-0.39, 0.29) is 0 Å². The fourth-order valence-corrected chi connectivity index (χ4v) is 2.60. The molecule has 1 N–H and O–H groups in total. The van der Waals surface area contributed by atoms with Crippen molar-refractivity contribution >= 4 is 17.7 Å². The first-order valence-electron chi connectivity index (χ1n) is 5.76. The van der Waals surface area contributed by atoms with Gasteiger partial charge in [0.05, 0.1) is 11.9 Å². The van der Waals surface area contributed by atoms with E-state index in [0.717, 1.165) is 16.2 Å². The van der Waals surface area contributed by atoms with Crippen LogP contribution in [0.3, 0.4) is 0 Å². The van der Waals surface area contributed by atoms with E-state index < -0.39 is 10.7 Å². The van der Waals surface area contributed by atoms with Crippen molar-refractivity contribution in [2.75, 3.05) is 0 Å². The molecule has 5 nitrogen and oxygen atoms in total. The third kappa shape index (κ3) is 2.96. The van der Waals surface area contributed by atoms with Gasteiger partial charge in [-0.15, -0.1) is 11.8 Å². The van der Waals surface area contributed by atoms with Crippen LogP contribution in [-0.4, -0.2) is 30.6 Å². The van der Waals surface area contributed by atoms with E-state index in [4.69, 9.17) is 0 Å². The van der Waals surface area contributed by atoms with Crippen LogP contribution in [0.2, 0.25) is 0 Å². The second kappa shape index (κ2) is 5.05. The van der Waals surface area contributed by atoms with Crippen LogP contribution in [0.4, 0.5) is 0 Å². The Labute approximate surface area is 115 Å². The molecule has 0 aliphatic carbocycles. The average Bonchev–Trinajstić information content (AvgIpc) is 2.76. The Balaban J connectivity index is 2.40. The van der Waals surface area contributed by atoms with Crippen LogP contribution < -0.4 is 0 Å². The van der Waals surface area contributed by atoms with Crippen molar-refractivity contribution in [3.05, 3.63) is 30.7 Å². The lowest BCUT2D eigenvalue weighted by atomic mass is 10.2. The fourth-order valence-electron chi connectivity index (χ4n) is 1.55. The van der Waals surface area contributed by atoms with Crippen molar-refractivity contribution in [2.45, 2.75) is 23.5 Å². The van der Waals surface area contributed by atoms with Crippen LogP contribution in [0.25, 0.3) is 11.3 Å². The van der Waals surface area contributed by atoms with E-state index in [9.17, 15) is 9.90 Å². The summed E-state index contributed by atoms with van der Waals surface area (Å²) in [6.45, 7) is 3.36. The van der Waals surface area contributed by atoms with Crippen molar-refractivity contribution in [1.82, 2.24) is 14.8 Å². The largest absolute Gasteiger partial charge is 0.480 e. The summed E-state index contributed by atoms with van der Waals surface area (Å²) in [6.07, 6.45) is 5.28. The molecule has 0 fully saturated rings. The summed E-state index contributed by atoms with van der Waals surface area (Å²) in [5.41, 5.74) is 1.64. The SMILES string of the molecule is Cn1cc(-c2ncccc2SC(C)(C)C(=O)O)cn1. The maximum atomic E-state index is 11.2. The molecule has 0 aliphatic rings. The van der Waals surface area contributed by atoms with Gasteiger partial charge in [-0.05, 0) is 26.0 Å². The Morgan fingerprint density at radius 3 is 2.79 bits per heavy atom. The van der Waals surface area contributed by atoms with E-state index in [1.54, 1.807) is 37.0 Å². The number of pyridine rings is 1. The molecule has 2 aromatic rings. The van der Waals surface area contributed by atoms with Crippen molar-refractivity contribution < 1.29 is 9.90 Å². The number of aryl methyl sites for hydroxylation is 1. The topological polar surface area (TPSA) is 68.0 Å². The zero-order chi connectivity index (χ0) is 14.0. The number of carboxylic acids is 1. The number of rotatable bonds is 4. The van der Waals surface area contributed by atoms with E-state index >= 15 is 0 Å². The molecule has 0 amide bonds. The Morgan fingerprint density at radius 2 is 2.21 bits per heavy atom. The van der Waals surface area contributed by atoms with Gasteiger partial charge < -0.3 is 5.11 Å². The quantitative estimate of drug-likeness (QED) is 0.869. The molecule has 2 heterocycles. The summed E-state index contributed by atoms with van der Waals surface area (Å²) >= 11 is 1.29. The molecule has 0 unspecified atom stereocenters. The number of carbonyl (C=O) groups is 1. The molecule has 2 aromatic heterocycles. The Kier molecular flexibility index (Phi) is 3.61. The molecule has 0 aromatic carbocycles. The summed E-state index contributed by atoms with van der Waals surface area (Å²) in [7, 11) is 1.83. The Hall–Kier alpha value is -1.82. The van der Waals surface area contributed by atoms with Crippen LogP contribution in [0, 0.1) is 0 Å². The number of hydrogen-bond donors (Lipinski definition) is 1. The highest BCUT2D eigenvalue weighted by molar-refractivity contribution is 8.01. The van der Waals surface area contributed by atoms with Gasteiger partial charge in [-0.25, -0.2) is 0 Å². The summed E-state index contributed by atoms with van der Waals surface area (Å²) in [6, 6.07) is 3.69. The average molecular weight is 277 g/mol. The third-order valence-corrected chi connectivity index (χ3v) is 3.86. The molecule has 0 spiro atoms. The number of aliphatic carboxylic acids is 1. The maximum absolute atomic E-state index is 11.2. The second-order valence-electron chi connectivity index (χ2n) is 4.67. The number of hydrogen-bond acceptors (Lipinski definition) is 4. The molecule has 0 atom stereocenters. The van der Waals surface area contributed by atoms with Gasteiger partial charge >= 0.3 is 5.97 Å². The first-order valence-corrected chi connectivity index (χ1v) is 6.58. The lowest BCUT2D eigenvalue weighted by Gasteiger charge is -2.19. The normalized spacial score (nSPS) is 11.5. The fraction of sp³-hybridized carbons (Fsp3) is 0.308. The Bertz CT molecular complexity index is 607. The highest BCUT2D eigenvalue weighted by atomic mass is 32.2. The van der Waals surface area contributed by atoms with Crippen molar-refractivity contribution in [3.63, 3.8) is 0 Å². The summed E-state index contributed by atoms with van der Waals surface area (Å²) in [5, 5.41) is 13.3. The minimum Gasteiger partial charge on any atom is -0.480 e. The zero-order valence-electron chi connectivity index (χ0n) is 11.0. The van der Waals surface area contributed by atoms with Gasteiger partial charge in [0.25, 0.3) is 0 Å². The predicted molar refractivity (Wildman–Crippen MR) is 74.0 cm³/mol. The van der Waals surface area contributed by atoms with Crippen molar-refractivity contribution in [2.24, 2.45) is 7.05 Å². The first-order chi connectivity index (χ1) is 8.90. The van der Waals surface area contributed by atoms with Gasteiger partial charge in [-0.3, -0.25) is 14.5 Å². The molecule has 0 saturated carbocycles. The first kappa shape index (κ1) is 13.6. The molecule has 0 bridgehead atoms. The van der Waals surface area contributed by atoms with E-state index in [1.165, 1.54) is 11.8 Å². The van der Waals surface area contributed by atoms with Crippen LogP contribution in [0.15, 0.2) is 35.6 Å². The predicted octanol–water partition coefficient (Wildman–Crippen LogP) is 2.44. The van der Waals surface area contributed by atoms with Crippen LogP contribution in [0.5, 0.6) is 0 Å². The molecule has 19 heavy (non-hydrogen) atoms. The summed E-state index contributed by atoms with van der Waals surface area (Å²) in [4.78, 5) is 16.4. The maximum Gasteiger partial charge on any atom is 0.319 e. The smallest absolute Gasteiger partial charge is 0.319 e. The van der Waals surface area contributed by atoms with Crippen molar-refractivity contribution in [3.8, 4) is 11.3 Å². The lowest BCUT2D eigenvalue weighted by molar-refractivity contribution is -0.138. The molecular formula is C13H15N3O2S. The molecule has 6 heteroatoms. The number of nitrogens with zero attached hydrogens (tertiary/aromatic N) is 3. The molecule has 2 rings (SSSR count). The highest BCUT2D eigenvalue weighted by Gasteiger charge is 2.29. The minimum absolute atomic E-state index is 0.759. The number of carboxylic acid groups (broad SMARTS) is 1. The molecule has 100 valence electrons. The molecular weight excluding hydrogens is 262 g/mol. The molecule has 0 radical (unpaired) electrons. The second-order valence-corrected chi connectivity index (χ2v) is 6.33. The standard InChI is InChI=1S/C13H15N3O2S/c1-13(2,12(17)18)19-10-5-4-6-14-11(10)9-7-15-16(3)8-9/h4-8H,1-3H3,(H,17,18). The van der Waals surface area contributed by atoms with Crippen LogP contribution in [0.1, 0.15) is 13.8 Å². The summed E-state index contributed by atoms with van der Waals surface area (Å²) in [5.74, 6) is -0.849.